The summed E-state index contributed by atoms with van der Waals surface area (Å²) in [7, 11) is 3.28. The summed E-state index contributed by atoms with van der Waals surface area (Å²) < 4.78 is 10.5. The van der Waals surface area contributed by atoms with Crippen LogP contribution in [0.3, 0.4) is 0 Å². The number of benzene rings is 3. The Morgan fingerprint density at radius 1 is 0.938 bits per heavy atom. The highest BCUT2D eigenvalue weighted by Crippen LogP contribution is 2.39. The van der Waals surface area contributed by atoms with Crippen LogP contribution in [-0.2, 0) is 6.42 Å². The molecule has 2 amide bonds. The number of H-pyrrole nitrogens is 1. The van der Waals surface area contributed by atoms with E-state index in [-0.39, 0.29) is 12.1 Å². The van der Waals surface area contributed by atoms with Crippen LogP contribution < -0.4 is 14.8 Å². The number of para-hydroxylation sites is 1. The number of anilines is 1. The van der Waals surface area contributed by atoms with Gasteiger partial charge < -0.3 is 24.7 Å². The van der Waals surface area contributed by atoms with Crippen LogP contribution in [-0.4, -0.2) is 36.7 Å². The Bertz CT molecular complexity index is 1250. The van der Waals surface area contributed by atoms with Crippen LogP contribution >= 0.6 is 0 Å². The summed E-state index contributed by atoms with van der Waals surface area (Å²) in [4.78, 5) is 18.9. The maximum Gasteiger partial charge on any atom is 0.322 e. The number of nitrogens with zero attached hydrogens (tertiary/aromatic N) is 1. The molecule has 0 unspecified atom stereocenters. The number of hydrogen-bond acceptors (Lipinski definition) is 3. The fourth-order valence-corrected chi connectivity index (χ4v) is 4.46. The molecule has 0 bridgehead atoms. The number of urea groups is 1. The minimum Gasteiger partial charge on any atom is -0.497 e. The molecule has 6 heteroatoms. The number of carbonyl (C=O) groups excluding carboxylic acids is 1. The Morgan fingerprint density at radius 3 is 2.28 bits per heavy atom. The van der Waals surface area contributed by atoms with Gasteiger partial charge in [0.05, 0.1) is 20.3 Å². The number of aromatic nitrogens is 1. The lowest BCUT2D eigenvalue weighted by Crippen LogP contribution is -2.43. The van der Waals surface area contributed by atoms with Gasteiger partial charge in [0.25, 0.3) is 0 Å². The Kier molecular flexibility index (Phi) is 5.19. The molecule has 1 aliphatic rings. The first kappa shape index (κ1) is 20.0. The molecule has 1 aliphatic heterocycles. The highest BCUT2D eigenvalue weighted by molar-refractivity contribution is 5.91. The van der Waals surface area contributed by atoms with Gasteiger partial charge in [-0.25, -0.2) is 4.79 Å². The number of aromatic amines is 1. The molecule has 3 aromatic carbocycles. The molecular weight excluding hydrogens is 402 g/mol. The monoisotopic (exact) mass is 427 g/mol. The molecule has 0 spiro atoms. The summed E-state index contributed by atoms with van der Waals surface area (Å²) in [6.45, 7) is 0.619. The van der Waals surface area contributed by atoms with Crippen LogP contribution in [0.1, 0.15) is 22.9 Å². The maximum absolute atomic E-state index is 13.4. The first-order valence-electron chi connectivity index (χ1n) is 10.6. The smallest absolute Gasteiger partial charge is 0.322 e. The lowest BCUT2D eigenvalue weighted by molar-refractivity contribution is 0.193. The first-order valence-corrected chi connectivity index (χ1v) is 10.6. The molecule has 2 N–H and O–H groups in total. The summed E-state index contributed by atoms with van der Waals surface area (Å²) in [6, 6.07) is 23.2. The highest BCUT2D eigenvalue weighted by atomic mass is 16.5. The molecule has 0 saturated carbocycles. The third-order valence-electron chi connectivity index (χ3n) is 6.07. The van der Waals surface area contributed by atoms with E-state index in [0.717, 1.165) is 40.4 Å². The fourth-order valence-electron chi connectivity index (χ4n) is 4.46. The van der Waals surface area contributed by atoms with Crippen LogP contribution in [0, 0.1) is 0 Å². The average Bonchev–Trinajstić information content (AvgIpc) is 3.23. The van der Waals surface area contributed by atoms with Crippen molar-refractivity contribution >= 4 is 22.6 Å². The Balaban J connectivity index is 1.53. The minimum atomic E-state index is -0.227. The van der Waals surface area contributed by atoms with Gasteiger partial charge in [0.15, 0.2) is 0 Å². The van der Waals surface area contributed by atoms with Crippen molar-refractivity contribution in [3.63, 3.8) is 0 Å². The first-order chi connectivity index (χ1) is 15.7. The van der Waals surface area contributed by atoms with E-state index in [1.54, 1.807) is 14.2 Å². The second kappa shape index (κ2) is 8.30. The largest absolute Gasteiger partial charge is 0.497 e. The molecule has 4 aromatic rings. The van der Waals surface area contributed by atoms with E-state index in [1.807, 2.05) is 59.5 Å². The molecule has 1 atom stereocenters. The molecule has 0 fully saturated rings. The molecule has 0 radical (unpaired) electrons. The molecule has 1 aromatic heterocycles. The molecule has 32 heavy (non-hydrogen) atoms. The number of ether oxygens (including phenoxy) is 2. The van der Waals surface area contributed by atoms with Crippen LogP contribution in [0.5, 0.6) is 11.5 Å². The predicted molar refractivity (Wildman–Crippen MR) is 126 cm³/mol. The van der Waals surface area contributed by atoms with Gasteiger partial charge in [-0.1, -0.05) is 30.3 Å². The topological polar surface area (TPSA) is 66.6 Å². The zero-order valence-electron chi connectivity index (χ0n) is 18.1. The van der Waals surface area contributed by atoms with Crippen molar-refractivity contribution < 1.29 is 14.3 Å². The van der Waals surface area contributed by atoms with Crippen molar-refractivity contribution in [2.24, 2.45) is 0 Å². The van der Waals surface area contributed by atoms with Crippen molar-refractivity contribution in [2.75, 3.05) is 26.1 Å². The molecule has 6 nitrogen and oxygen atoms in total. The molecule has 2 heterocycles. The van der Waals surface area contributed by atoms with Gasteiger partial charge in [0.2, 0.25) is 0 Å². The van der Waals surface area contributed by atoms with Crippen molar-refractivity contribution in [1.82, 2.24) is 9.88 Å². The number of fused-ring (bicyclic) bond motifs is 3. The summed E-state index contributed by atoms with van der Waals surface area (Å²) in [5.41, 5.74) is 5.19. The maximum atomic E-state index is 13.4. The van der Waals surface area contributed by atoms with Crippen molar-refractivity contribution in [1.29, 1.82) is 0 Å². The number of hydrogen-bond donors (Lipinski definition) is 2. The third-order valence-corrected chi connectivity index (χ3v) is 6.07. The summed E-state index contributed by atoms with van der Waals surface area (Å²) in [5.74, 6) is 1.54. The number of methoxy groups -OCH3 is 2. The zero-order valence-corrected chi connectivity index (χ0v) is 18.1. The Labute approximate surface area is 186 Å². The summed E-state index contributed by atoms with van der Waals surface area (Å²) in [6.07, 6.45) is 0.794. The lowest BCUT2D eigenvalue weighted by Gasteiger charge is -2.36. The number of rotatable bonds is 4. The van der Waals surface area contributed by atoms with E-state index in [9.17, 15) is 4.79 Å². The molecule has 162 valence electrons. The number of carbonyl (C=O) groups is 1. The van der Waals surface area contributed by atoms with Crippen LogP contribution in [0.15, 0.2) is 72.8 Å². The van der Waals surface area contributed by atoms with Gasteiger partial charge in [-0.2, -0.15) is 0 Å². The minimum absolute atomic E-state index is 0.139. The van der Waals surface area contributed by atoms with E-state index in [4.69, 9.17) is 9.47 Å². The molecular formula is C26H25N3O3. The average molecular weight is 428 g/mol. The third kappa shape index (κ3) is 3.54. The summed E-state index contributed by atoms with van der Waals surface area (Å²) >= 11 is 0. The van der Waals surface area contributed by atoms with Gasteiger partial charge in [-0.3, -0.25) is 0 Å². The Hall–Kier alpha value is -3.93. The van der Waals surface area contributed by atoms with Gasteiger partial charge in [0, 0.05) is 28.8 Å². The highest BCUT2D eigenvalue weighted by Gasteiger charge is 2.34. The van der Waals surface area contributed by atoms with Crippen LogP contribution in [0.2, 0.25) is 0 Å². The zero-order chi connectivity index (χ0) is 22.1. The van der Waals surface area contributed by atoms with Crippen LogP contribution in [0.4, 0.5) is 10.5 Å². The van der Waals surface area contributed by atoms with E-state index in [1.165, 1.54) is 10.9 Å². The molecule has 0 saturated heterocycles. The van der Waals surface area contributed by atoms with Crippen molar-refractivity contribution in [2.45, 2.75) is 12.5 Å². The molecule has 0 aliphatic carbocycles. The second-order valence-corrected chi connectivity index (χ2v) is 7.84. The summed E-state index contributed by atoms with van der Waals surface area (Å²) in [5, 5.41) is 4.26. The number of amides is 2. The van der Waals surface area contributed by atoms with E-state index in [0.29, 0.717) is 6.54 Å². The van der Waals surface area contributed by atoms with Gasteiger partial charge in [-0.15, -0.1) is 0 Å². The van der Waals surface area contributed by atoms with E-state index in [2.05, 4.69) is 28.5 Å². The molecule has 5 rings (SSSR count). The van der Waals surface area contributed by atoms with Gasteiger partial charge in [-0.05, 0) is 60.0 Å². The van der Waals surface area contributed by atoms with Crippen molar-refractivity contribution in [3.8, 4) is 11.5 Å². The van der Waals surface area contributed by atoms with Crippen molar-refractivity contribution in [3.05, 3.63) is 89.6 Å². The van der Waals surface area contributed by atoms with Gasteiger partial charge >= 0.3 is 6.03 Å². The second-order valence-electron chi connectivity index (χ2n) is 7.84. The Morgan fingerprint density at radius 2 is 1.59 bits per heavy atom. The SMILES string of the molecule is COc1ccc(NC(=O)N2CCc3c([nH]c4ccccc34)[C@H]2c2ccc(OC)cc2)cc1. The standard InChI is InChI=1S/C26H25N3O3/c1-31-19-11-7-17(8-12-19)25-24-22(21-5-3-4-6-23(21)28-24)15-16-29(25)26(30)27-18-9-13-20(32-2)14-10-18/h3-14,25,28H,15-16H2,1-2H3,(H,27,30)/t25-/m1/s1. The van der Waals surface area contributed by atoms with E-state index < -0.39 is 0 Å². The number of nitrogens with one attached hydrogen (secondary N) is 2. The predicted octanol–water partition coefficient (Wildman–Crippen LogP) is 5.36. The fraction of sp³-hybridized carbons (Fsp3) is 0.192. The van der Waals surface area contributed by atoms with E-state index >= 15 is 0 Å². The van der Waals surface area contributed by atoms with Crippen LogP contribution in [0.25, 0.3) is 10.9 Å². The lowest BCUT2D eigenvalue weighted by atomic mass is 9.92. The van der Waals surface area contributed by atoms with Gasteiger partial charge in [0.1, 0.15) is 11.5 Å². The quantitative estimate of drug-likeness (QED) is 0.460. The normalized spacial score (nSPS) is 15.3.